The zero-order chi connectivity index (χ0) is 31.5. The van der Waals surface area contributed by atoms with Crippen LogP contribution in [0.4, 0.5) is 4.39 Å². The molecular formula is C35H25FI2N2O4S. The first-order valence-electron chi connectivity index (χ1n) is 14.0. The van der Waals surface area contributed by atoms with Crippen LogP contribution >= 0.6 is 56.5 Å². The summed E-state index contributed by atoms with van der Waals surface area (Å²) in [6.45, 7) is 2.17. The molecular weight excluding hydrogens is 817 g/mol. The third-order valence-corrected chi connectivity index (χ3v) is 9.52. The molecule has 0 aliphatic carbocycles. The Morgan fingerprint density at radius 2 is 1.69 bits per heavy atom. The molecule has 0 fully saturated rings. The Balaban J connectivity index is 1.54. The molecule has 1 aromatic heterocycles. The predicted octanol–water partition coefficient (Wildman–Crippen LogP) is 6.86. The molecule has 45 heavy (non-hydrogen) atoms. The Morgan fingerprint density at radius 3 is 2.38 bits per heavy atom. The van der Waals surface area contributed by atoms with Crippen LogP contribution in [0.1, 0.15) is 35.2 Å². The van der Waals surface area contributed by atoms with E-state index in [9.17, 15) is 14.0 Å². The summed E-state index contributed by atoms with van der Waals surface area (Å²) in [4.78, 5) is 33.3. The normalized spacial score (nSPS) is 14.6. The summed E-state index contributed by atoms with van der Waals surface area (Å²) in [6, 6.07) is 28.3. The molecule has 0 saturated heterocycles. The fraction of sp³-hybridized carbons (Fsp3) is 0.114. The topological polar surface area (TPSA) is 69.9 Å². The molecule has 0 unspecified atom stereocenters. The second-order valence-electron chi connectivity index (χ2n) is 10.1. The van der Waals surface area contributed by atoms with Crippen LogP contribution in [0.25, 0.3) is 11.8 Å². The Bertz CT molecular complexity index is 2090. The van der Waals surface area contributed by atoms with Gasteiger partial charge >= 0.3 is 5.97 Å². The van der Waals surface area contributed by atoms with Crippen LogP contribution in [0.5, 0.6) is 5.75 Å². The lowest BCUT2D eigenvalue weighted by molar-refractivity contribution is -0.138. The molecule has 2 heterocycles. The van der Waals surface area contributed by atoms with E-state index in [0.29, 0.717) is 26.4 Å². The van der Waals surface area contributed by atoms with Crippen molar-refractivity contribution in [3.05, 3.63) is 158 Å². The number of nitrogens with zero attached hydrogens (tertiary/aromatic N) is 2. The van der Waals surface area contributed by atoms with Gasteiger partial charge in [0, 0.05) is 14.7 Å². The molecule has 5 aromatic rings. The van der Waals surface area contributed by atoms with E-state index in [2.05, 4.69) is 45.2 Å². The molecule has 0 bridgehead atoms. The SMILES string of the molecule is CCOC(=O)C1=C(c2ccccc2)N=c2s/c(=C\c3cc(I)cc(I)c3OCc3ccc(F)cc3)c(=O)n2[C@@H]1c1ccccc1. The van der Waals surface area contributed by atoms with Crippen LogP contribution < -0.4 is 19.6 Å². The quantitative estimate of drug-likeness (QED) is 0.127. The van der Waals surface area contributed by atoms with Gasteiger partial charge in [0.1, 0.15) is 18.2 Å². The zero-order valence-corrected chi connectivity index (χ0v) is 29.0. The first-order valence-corrected chi connectivity index (χ1v) is 17.0. The summed E-state index contributed by atoms with van der Waals surface area (Å²) < 4.78 is 29.1. The van der Waals surface area contributed by atoms with E-state index in [1.165, 1.54) is 23.5 Å². The minimum atomic E-state index is -0.746. The Kier molecular flexibility index (Phi) is 9.61. The van der Waals surface area contributed by atoms with Gasteiger partial charge in [-0.2, -0.15) is 0 Å². The van der Waals surface area contributed by atoms with Crippen molar-refractivity contribution in [3.8, 4) is 5.75 Å². The lowest BCUT2D eigenvalue weighted by Gasteiger charge is -2.25. The number of ether oxygens (including phenoxy) is 2. The maximum atomic E-state index is 14.3. The number of esters is 1. The average Bonchev–Trinajstić information content (AvgIpc) is 3.35. The third kappa shape index (κ3) is 6.68. The van der Waals surface area contributed by atoms with E-state index in [-0.39, 0.29) is 24.6 Å². The molecule has 0 N–H and O–H groups in total. The number of halogens is 3. The zero-order valence-electron chi connectivity index (χ0n) is 23.9. The van der Waals surface area contributed by atoms with Crippen LogP contribution in [0.2, 0.25) is 0 Å². The van der Waals surface area contributed by atoms with E-state index in [1.54, 1.807) is 23.6 Å². The van der Waals surface area contributed by atoms with Crippen molar-refractivity contribution in [3.63, 3.8) is 0 Å². The molecule has 1 atom stereocenters. The van der Waals surface area contributed by atoms with E-state index in [4.69, 9.17) is 14.5 Å². The van der Waals surface area contributed by atoms with E-state index < -0.39 is 12.0 Å². The molecule has 0 spiro atoms. The van der Waals surface area contributed by atoms with Crippen molar-refractivity contribution in [1.29, 1.82) is 0 Å². The standard InChI is InChI=1S/C35H25FI2N2O4S/c1-2-43-34(42)29-30(22-9-5-3-6-10-22)39-35-40(31(29)23-11-7-4-8-12-23)33(41)28(45-35)18-24-17-26(37)19-27(38)32(24)44-20-21-13-15-25(36)16-14-21/h3-19,31H,2,20H2,1H3/b28-18-/t31-/m1/s1. The molecule has 0 radical (unpaired) electrons. The highest BCUT2D eigenvalue weighted by Gasteiger charge is 2.35. The monoisotopic (exact) mass is 842 g/mol. The van der Waals surface area contributed by atoms with Gasteiger partial charge in [0.05, 0.1) is 32.0 Å². The molecule has 0 saturated carbocycles. The summed E-state index contributed by atoms with van der Waals surface area (Å²) in [5.74, 6) is -0.219. The minimum absolute atomic E-state index is 0.183. The maximum Gasteiger partial charge on any atom is 0.338 e. The summed E-state index contributed by atoms with van der Waals surface area (Å²) in [5.41, 5.74) is 3.57. The lowest BCUT2D eigenvalue weighted by Crippen LogP contribution is -2.40. The van der Waals surface area contributed by atoms with Gasteiger partial charge in [0.15, 0.2) is 4.80 Å². The van der Waals surface area contributed by atoms with Crippen molar-refractivity contribution in [2.45, 2.75) is 19.6 Å². The molecule has 4 aromatic carbocycles. The van der Waals surface area contributed by atoms with Crippen LogP contribution in [-0.4, -0.2) is 17.1 Å². The number of hydrogen-bond acceptors (Lipinski definition) is 6. The van der Waals surface area contributed by atoms with Crippen molar-refractivity contribution in [2.75, 3.05) is 6.61 Å². The number of thiazole rings is 1. The van der Waals surface area contributed by atoms with Gasteiger partial charge in [-0.25, -0.2) is 14.2 Å². The first-order chi connectivity index (χ1) is 21.8. The molecule has 226 valence electrons. The van der Waals surface area contributed by atoms with Crippen molar-refractivity contribution in [2.24, 2.45) is 4.99 Å². The molecule has 6 nitrogen and oxygen atoms in total. The number of carbonyl (C=O) groups is 1. The minimum Gasteiger partial charge on any atom is -0.487 e. The van der Waals surface area contributed by atoms with E-state index in [1.807, 2.05) is 78.9 Å². The summed E-state index contributed by atoms with van der Waals surface area (Å²) in [7, 11) is 0. The van der Waals surface area contributed by atoms with Crippen molar-refractivity contribution in [1.82, 2.24) is 4.57 Å². The van der Waals surface area contributed by atoms with Crippen LogP contribution in [0, 0.1) is 13.0 Å². The highest BCUT2D eigenvalue weighted by molar-refractivity contribution is 14.1. The molecule has 6 rings (SSSR count). The molecule has 0 amide bonds. The lowest BCUT2D eigenvalue weighted by atomic mass is 9.93. The van der Waals surface area contributed by atoms with Crippen molar-refractivity contribution < 1.29 is 18.7 Å². The second-order valence-corrected chi connectivity index (χ2v) is 13.5. The van der Waals surface area contributed by atoms with E-state index >= 15 is 0 Å². The number of rotatable bonds is 8. The molecule has 10 heteroatoms. The number of aromatic nitrogens is 1. The second kappa shape index (κ2) is 13.8. The third-order valence-electron chi connectivity index (χ3n) is 7.11. The van der Waals surface area contributed by atoms with Gasteiger partial charge in [-0.05, 0) is 93.6 Å². The van der Waals surface area contributed by atoms with Crippen LogP contribution in [-0.2, 0) is 16.1 Å². The van der Waals surface area contributed by atoms with Gasteiger partial charge < -0.3 is 9.47 Å². The van der Waals surface area contributed by atoms with Crippen LogP contribution in [0.3, 0.4) is 0 Å². The number of hydrogen-bond donors (Lipinski definition) is 0. The summed E-state index contributed by atoms with van der Waals surface area (Å²) >= 11 is 5.71. The Morgan fingerprint density at radius 1 is 1.00 bits per heavy atom. The molecule has 1 aliphatic heterocycles. The van der Waals surface area contributed by atoms with Crippen LogP contribution in [0.15, 0.2) is 112 Å². The number of fused-ring (bicyclic) bond motifs is 1. The van der Waals surface area contributed by atoms with Gasteiger partial charge in [-0.3, -0.25) is 9.36 Å². The van der Waals surface area contributed by atoms with Crippen molar-refractivity contribution >= 4 is 74.3 Å². The van der Waals surface area contributed by atoms with Gasteiger partial charge in [-0.15, -0.1) is 0 Å². The molecule has 1 aliphatic rings. The fourth-order valence-electron chi connectivity index (χ4n) is 5.11. The highest BCUT2D eigenvalue weighted by Crippen LogP contribution is 2.35. The largest absolute Gasteiger partial charge is 0.487 e. The summed E-state index contributed by atoms with van der Waals surface area (Å²) in [5, 5.41) is 0. The Labute approximate surface area is 289 Å². The van der Waals surface area contributed by atoms with Gasteiger partial charge in [-0.1, -0.05) is 84.1 Å². The van der Waals surface area contributed by atoms with E-state index in [0.717, 1.165) is 29.4 Å². The summed E-state index contributed by atoms with van der Waals surface area (Å²) in [6.07, 6.45) is 1.81. The van der Waals surface area contributed by atoms with Gasteiger partial charge in [0.2, 0.25) is 0 Å². The highest BCUT2D eigenvalue weighted by atomic mass is 127. The number of carbonyl (C=O) groups excluding carboxylic acids is 1. The predicted molar refractivity (Wildman–Crippen MR) is 190 cm³/mol. The van der Waals surface area contributed by atoms with Gasteiger partial charge in [0.25, 0.3) is 5.56 Å². The first kappa shape index (κ1) is 31.4. The number of benzene rings is 4. The fourth-order valence-corrected chi connectivity index (χ4v) is 8.15. The maximum absolute atomic E-state index is 14.3. The average molecular weight is 842 g/mol. The Hall–Kier alpha value is -3.62. The smallest absolute Gasteiger partial charge is 0.338 e.